The van der Waals surface area contributed by atoms with E-state index < -0.39 is 0 Å². The van der Waals surface area contributed by atoms with Crippen LogP contribution in [0.1, 0.15) is 97.1 Å². The van der Waals surface area contributed by atoms with Crippen LogP contribution in [0.25, 0.3) is 0 Å². The molecule has 0 heterocycles. The van der Waals surface area contributed by atoms with Gasteiger partial charge in [0.2, 0.25) is 0 Å². The molecule has 0 bridgehead atoms. The van der Waals surface area contributed by atoms with Crippen molar-refractivity contribution in [3.05, 3.63) is 95.1 Å². The van der Waals surface area contributed by atoms with Gasteiger partial charge in [0.15, 0.2) is 0 Å². The highest BCUT2D eigenvalue weighted by atomic mass is 16.2. The topological polar surface area (TPSA) is 135 Å². The van der Waals surface area contributed by atoms with Gasteiger partial charge < -0.3 is 22.1 Å². The second-order valence-electron chi connectivity index (χ2n) is 10.3. The van der Waals surface area contributed by atoms with E-state index in [0.717, 1.165) is 36.8 Å². The number of carbonyl (C=O) groups excluding carboxylic acids is 2. The zero-order valence-corrected chi connectivity index (χ0v) is 24.9. The van der Waals surface area contributed by atoms with E-state index in [9.17, 15) is 9.59 Å². The van der Waals surface area contributed by atoms with Crippen LogP contribution in [-0.2, 0) is 0 Å². The summed E-state index contributed by atoms with van der Waals surface area (Å²) in [4.78, 5) is 34.4. The summed E-state index contributed by atoms with van der Waals surface area (Å²) >= 11 is 0. The van der Waals surface area contributed by atoms with E-state index in [1.54, 1.807) is 48.5 Å². The molecule has 0 unspecified atom stereocenters. The number of rotatable bonds is 16. The number of anilines is 2. The Bertz CT molecular complexity index is 1230. The van der Waals surface area contributed by atoms with E-state index in [-0.39, 0.29) is 11.8 Å². The van der Waals surface area contributed by atoms with Crippen molar-refractivity contribution < 1.29 is 9.59 Å². The van der Waals surface area contributed by atoms with Gasteiger partial charge in [0.1, 0.15) is 11.7 Å². The van der Waals surface area contributed by atoms with Gasteiger partial charge in [-0.15, -0.1) is 0 Å². The summed E-state index contributed by atoms with van der Waals surface area (Å²) < 4.78 is 0. The van der Waals surface area contributed by atoms with Gasteiger partial charge >= 0.3 is 0 Å². The van der Waals surface area contributed by atoms with Crippen molar-refractivity contribution in [1.29, 1.82) is 0 Å². The number of benzene rings is 3. The smallest absolute Gasteiger partial charge is 0.255 e. The number of amides is 2. The van der Waals surface area contributed by atoms with Gasteiger partial charge in [0, 0.05) is 46.7 Å². The fraction of sp³-hybridized carbons (Fsp3) is 0.353. The van der Waals surface area contributed by atoms with Crippen molar-refractivity contribution in [2.24, 2.45) is 21.5 Å². The second-order valence-corrected chi connectivity index (χ2v) is 10.3. The predicted octanol–water partition coefficient (Wildman–Crippen LogP) is 6.76. The van der Waals surface area contributed by atoms with Crippen LogP contribution in [-0.4, -0.2) is 36.6 Å². The van der Waals surface area contributed by atoms with Crippen LogP contribution in [0.3, 0.4) is 0 Å². The van der Waals surface area contributed by atoms with Crippen LogP contribution in [0.15, 0.2) is 82.8 Å². The molecule has 0 atom stereocenters. The van der Waals surface area contributed by atoms with Gasteiger partial charge in [-0.1, -0.05) is 52.4 Å². The maximum Gasteiger partial charge on any atom is 0.255 e. The molecule has 0 saturated heterocycles. The van der Waals surface area contributed by atoms with Gasteiger partial charge in [0.25, 0.3) is 11.8 Å². The van der Waals surface area contributed by atoms with Crippen molar-refractivity contribution in [3.63, 3.8) is 0 Å². The van der Waals surface area contributed by atoms with E-state index in [0.29, 0.717) is 47.3 Å². The average molecular weight is 569 g/mol. The summed E-state index contributed by atoms with van der Waals surface area (Å²) in [6.45, 7) is 5.79. The maximum atomic E-state index is 12.8. The van der Waals surface area contributed by atoms with E-state index in [4.69, 9.17) is 11.5 Å². The highest BCUT2D eigenvalue weighted by molar-refractivity contribution is 6.07. The molecular formula is C34H44N6O2. The number of nitrogens with two attached hydrogens (primary N) is 2. The van der Waals surface area contributed by atoms with Gasteiger partial charge in [-0.2, -0.15) is 0 Å². The molecule has 0 aliphatic heterocycles. The first-order valence-electron chi connectivity index (χ1n) is 14.9. The highest BCUT2D eigenvalue weighted by Crippen LogP contribution is 2.15. The minimum absolute atomic E-state index is 0.271. The van der Waals surface area contributed by atoms with Crippen molar-refractivity contribution in [1.82, 2.24) is 0 Å². The number of nitrogens with one attached hydrogen (secondary N) is 2. The molecule has 8 heteroatoms. The summed E-state index contributed by atoms with van der Waals surface area (Å²) in [6, 6.07) is 21.1. The normalized spacial score (nSPS) is 11.8. The SMILES string of the molecule is CCCCCCN=C(N)c1ccc(NC(=O)c2ccc(C(=O)Nc3ccc(C(N)=NCCCCCC)cc3)cc2)cc1. The first-order chi connectivity index (χ1) is 20.4. The van der Waals surface area contributed by atoms with E-state index in [1.165, 1.54) is 25.7 Å². The third-order valence-electron chi connectivity index (χ3n) is 6.87. The number of amidine groups is 2. The molecule has 2 amide bonds. The summed E-state index contributed by atoms with van der Waals surface area (Å²) in [5, 5.41) is 5.75. The second kappa shape index (κ2) is 17.4. The Morgan fingerprint density at radius 3 is 1.19 bits per heavy atom. The average Bonchev–Trinajstić information content (AvgIpc) is 3.01. The molecule has 0 spiro atoms. The lowest BCUT2D eigenvalue weighted by molar-refractivity contribution is 0.101. The minimum Gasteiger partial charge on any atom is -0.384 e. The molecule has 0 aliphatic rings. The minimum atomic E-state index is -0.271. The fourth-order valence-corrected chi connectivity index (χ4v) is 4.29. The number of carbonyl (C=O) groups is 2. The van der Waals surface area contributed by atoms with Crippen molar-refractivity contribution in [3.8, 4) is 0 Å². The number of aliphatic imine (C=N–C) groups is 2. The van der Waals surface area contributed by atoms with Gasteiger partial charge in [-0.3, -0.25) is 19.6 Å². The quantitative estimate of drug-likeness (QED) is 0.0862. The molecule has 0 aliphatic carbocycles. The fourth-order valence-electron chi connectivity index (χ4n) is 4.29. The Kier molecular flexibility index (Phi) is 13.3. The Morgan fingerprint density at radius 2 is 0.857 bits per heavy atom. The third-order valence-corrected chi connectivity index (χ3v) is 6.87. The molecule has 3 rings (SSSR count). The summed E-state index contributed by atoms with van der Waals surface area (Å²) in [6.07, 6.45) is 9.16. The molecule has 0 fully saturated rings. The molecule has 8 nitrogen and oxygen atoms in total. The molecule has 222 valence electrons. The summed E-state index contributed by atoms with van der Waals surface area (Å²) in [7, 11) is 0. The maximum absolute atomic E-state index is 12.8. The van der Waals surface area contributed by atoms with Crippen molar-refractivity contribution in [2.75, 3.05) is 23.7 Å². The Labute approximate surface area is 249 Å². The van der Waals surface area contributed by atoms with Crippen LogP contribution in [0, 0.1) is 0 Å². The molecule has 0 aromatic heterocycles. The summed E-state index contributed by atoms with van der Waals surface area (Å²) in [5.74, 6) is 0.459. The molecule has 0 saturated carbocycles. The lowest BCUT2D eigenvalue weighted by atomic mass is 10.1. The molecular weight excluding hydrogens is 524 g/mol. The van der Waals surface area contributed by atoms with Crippen LogP contribution < -0.4 is 22.1 Å². The number of unbranched alkanes of at least 4 members (excludes halogenated alkanes) is 6. The van der Waals surface area contributed by atoms with Gasteiger partial charge in [0.05, 0.1) is 0 Å². The molecule has 3 aromatic carbocycles. The van der Waals surface area contributed by atoms with E-state index in [1.807, 2.05) is 24.3 Å². The number of hydrogen-bond donors (Lipinski definition) is 4. The predicted molar refractivity (Wildman–Crippen MR) is 175 cm³/mol. The first kappa shape index (κ1) is 32.1. The number of hydrogen-bond acceptors (Lipinski definition) is 4. The van der Waals surface area contributed by atoms with Crippen LogP contribution in [0.5, 0.6) is 0 Å². The van der Waals surface area contributed by atoms with Crippen LogP contribution in [0.2, 0.25) is 0 Å². The lowest BCUT2D eigenvalue weighted by Gasteiger charge is -2.09. The van der Waals surface area contributed by atoms with Gasteiger partial charge in [-0.25, -0.2) is 0 Å². The third kappa shape index (κ3) is 10.5. The molecule has 3 aromatic rings. The zero-order chi connectivity index (χ0) is 30.2. The Morgan fingerprint density at radius 1 is 0.524 bits per heavy atom. The largest absolute Gasteiger partial charge is 0.384 e. The van der Waals surface area contributed by atoms with E-state index in [2.05, 4.69) is 34.5 Å². The molecule has 42 heavy (non-hydrogen) atoms. The van der Waals surface area contributed by atoms with Gasteiger partial charge in [-0.05, 0) is 85.6 Å². The standard InChI is InChI=1S/C34H44N6O2/c1-3-5-7-9-23-37-31(35)25-15-19-29(20-16-25)39-33(41)27-11-13-28(14-12-27)34(42)40-30-21-17-26(18-22-30)32(36)38-24-10-8-6-4-2/h11-22H,3-10,23-24H2,1-2H3,(H2,35,37)(H2,36,38)(H,39,41)(H,40,42). The molecule has 6 N–H and O–H groups in total. The lowest BCUT2D eigenvalue weighted by Crippen LogP contribution is -2.16. The Balaban J connectivity index is 1.50. The summed E-state index contributed by atoms with van der Waals surface area (Å²) in [5.41, 5.74) is 16.0. The monoisotopic (exact) mass is 568 g/mol. The van der Waals surface area contributed by atoms with Crippen molar-refractivity contribution >= 4 is 34.9 Å². The highest BCUT2D eigenvalue weighted by Gasteiger charge is 2.11. The van der Waals surface area contributed by atoms with Crippen molar-refractivity contribution in [2.45, 2.75) is 65.2 Å². The van der Waals surface area contributed by atoms with Crippen LogP contribution in [0.4, 0.5) is 11.4 Å². The zero-order valence-electron chi connectivity index (χ0n) is 24.9. The molecule has 0 radical (unpaired) electrons. The Hall–Kier alpha value is -4.46. The number of nitrogens with zero attached hydrogens (tertiary/aromatic N) is 2. The first-order valence-corrected chi connectivity index (χ1v) is 14.9. The van der Waals surface area contributed by atoms with E-state index >= 15 is 0 Å². The van der Waals surface area contributed by atoms with Crippen LogP contribution >= 0.6 is 0 Å².